The number of thioether (sulfide) groups is 1. The normalized spacial score (nSPS) is 13.2. The van der Waals surface area contributed by atoms with E-state index >= 15 is 0 Å². The first-order valence-corrected chi connectivity index (χ1v) is 34.3. The van der Waals surface area contributed by atoms with Gasteiger partial charge in [0.2, 0.25) is 59.1 Å². The number of fused-ring (bicyclic) bond motifs is 2. The Balaban J connectivity index is 1.16. The summed E-state index contributed by atoms with van der Waals surface area (Å²) in [6, 6.07) is 15.8. The minimum absolute atomic E-state index is 0.0123. The van der Waals surface area contributed by atoms with E-state index in [2.05, 4.69) is 29.8 Å². The summed E-state index contributed by atoms with van der Waals surface area (Å²) < 4.78 is 16.8. The van der Waals surface area contributed by atoms with Crippen molar-refractivity contribution in [3.8, 4) is 39.7 Å². The minimum Gasteiger partial charge on any atom is -0.508 e. The number of imide groups is 1. The van der Waals surface area contributed by atoms with Gasteiger partial charge in [-0.3, -0.25) is 52.7 Å². The first kappa shape index (κ1) is 79.3. The van der Waals surface area contributed by atoms with E-state index in [9.17, 15) is 67.7 Å². The van der Waals surface area contributed by atoms with Crippen molar-refractivity contribution in [1.82, 2.24) is 40.4 Å². The second-order valence-corrected chi connectivity index (χ2v) is 26.4. The van der Waals surface area contributed by atoms with Gasteiger partial charge in [0.1, 0.15) is 29.7 Å². The number of hydrogen-bond donors (Lipinski definition) is 8. The lowest BCUT2D eigenvalue weighted by molar-refractivity contribution is -0.147. The van der Waals surface area contributed by atoms with Crippen LogP contribution in [0, 0.1) is 11.8 Å². The molecular formula is C70H94N12O17S. The van der Waals surface area contributed by atoms with Gasteiger partial charge in [0, 0.05) is 87.0 Å². The third-order valence-electron chi connectivity index (χ3n) is 16.6. The van der Waals surface area contributed by atoms with E-state index in [4.69, 9.17) is 31.1 Å². The zero-order chi connectivity index (χ0) is 73.3. The molecule has 1 fully saturated rings. The van der Waals surface area contributed by atoms with E-state index < -0.39 is 103 Å². The van der Waals surface area contributed by atoms with Gasteiger partial charge in [-0.15, -0.1) is 11.8 Å². The number of carboxylic acids is 1. The van der Waals surface area contributed by atoms with Crippen LogP contribution in [0.5, 0.6) is 17.2 Å². The van der Waals surface area contributed by atoms with Gasteiger partial charge in [-0.25, -0.2) is 9.69 Å². The quantitative estimate of drug-likeness (QED) is 0.0158. The second-order valence-electron chi connectivity index (χ2n) is 25.2. The van der Waals surface area contributed by atoms with Gasteiger partial charge in [-0.05, 0) is 130 Å². The maximum atomic E-state index is 14.7. The number of amides is 10. The number of benzene rings is 4. The van der Waals surface area contributed by atoms with Crippen molar-refractivity contribution in [2.75, 3.05) is 116 Å². The average Bonchev–Trinajstić information content (AvgIpc) is 0.905. The number of carbonyl (C=O) groups excluding carboxylic acids is 10. The molecule has 100 heavy (non-hydrogen) atoms. The summed E-state index contributed by atoms with van der Waals surface area (Å²) in [5.41, 5.74) is 18.4. The maximum absolute atomic E-state index is 14.7. The lowest BCUT2D eigenvalue weighted by atomic mass is 9.90. The van der Waals surface area contributed by atoms with Gasteiger partial charge in [0.15, 0.2) is 16.9 Å². The van der Waals surface area contributed by atoms with Crippen LogP contribution in [0.25, 0.3) is 33.4 Å². The van der Waals surface area contributed by atoms with E-state index in [0.717, 1.165) is 29.1 Å². The number of nitrogens with one attached hydrogen (secondary N) is 3. The molecule has 3 aromatic rings. The van der Waals surface area contributed by atoms with Crippen molar-refractivity contribution >= 4 is 93.5 Å². The fourth-order valence-electron chi connectivity index (χ4n) is 11.1. The number of aromatic carboxylic acids is 1. The topological polar surface area (TPSA) is 410 Å². The second kappa shape index (κ2) is 38.6. The summed E-state index contributed by atoms with van der Waals surface area (Å²) in [5, 5.41) is 28.5. The summed E-state index contributed by atoms with van der Waals surface area (Å²) >= 11 is 0.847. The Morgan fingerprint density at radius 2 is 1.27 bits per heavy atom. The Kier molecular flexibility index (Phi) is 30.7. The number of carboxylic acid groups (broad SMARTS) is 1. The highest BCUT2D eigenvalue weighted by Crippen LogP contribution is 2.43. The number of phenolic OH excluding ortho intramolecular Hbond substituents is 1. The molecular weight excluding hydrogens is 1310 g/mol. The van der Waals surface area contributed by atoms with Crippen molar-refractivity contribution in [1.29, 1.82) is 0 Å². The Hall–Kier alpha value is -9.65. The van der Waals surface area contributed by atoms with Crippen LogP contribution in [0.15, 0.2) is 82.0 Å². The Morgan fingerprint density at radius 1 is 0.670 bits per heavy atom. The van der Waals surface area contributed by atoms with Crippen molar-refractivity contribution in [3.05, 3.63) is 94.1 Å². The van der Waals surface area contributed by atoms with Gasteiger partial charge >= 0.3 is 5.97 Å². The molecule has 0 radical (unpaired) electrons. The highest BCUT2D eigenvalue weighted by Gasteiger charge is 2.41. The molecule has 2 atom stereocenters. The number of hydrogen-bond acceptors (Lipinski definition) is 20. The van der Waals surface area contributed by atoms with Crippen molar-refractivity contribution in [3.63, 3.8) is 0 Å². The van der Waals surface area contributed by atoms with Crippen molar-refractivity contribution in [2.45, 2.75) is 97.4 Å². The summed E-state index contributed by atoms with van der Waals surface area (Å²) in [4.78, 5) is 172. The third-order valence-corrected chi connectivity index (χ3v) is 17.9. The van der Waals surface area contributed by atoms with E-state index in [1.54, 1.807) is 18.2 Å². The van der Waals surface area contributed by atoms with Crippen molar-refractivity contribution < 1.29 is 76.8 Å². The number of primary amides is 1. The molecule has 0 spiro atoms. The molecule has 1 aliphatic carbocycles. The van der Waals surface area contributed by atoms with E-state index in [0.29, 0.717) is 78.1 Å². The van der Waals surface area contributed by atoms with Crippen LogP contribution in [0.2, 0.25) is 0 Å². The number of nitrogens with zero attached hydrogens (tertiary/aromatic N) is 6. The standard InChI is InChI=1S/C70H94N12O17S/c1-43(2)20-24-74-35-62(88)81(36-46-12-19-55(97-6)58(30-46)98-7)41-66(92)80(29-25-75-45(5)83)40-65(91)79(28-21-44(3)4)39-64(90)78(27-11-9-23-72)38-63(89)77(26-10-8-22-71)37-60(86)76-54(68(73)93)42-100-59-34-61(87)82(69(59)94)47-13-16-50(53(31-47)70(95)96)67-51-17-14-48(84)32-56(51)99-57-33-49(85)15-18-52(57)67/h12-19,30-33,43-44,54,59,74,84H,8-11,20-29,34-42,71-72H2,1-7H3,(H2,73,93)(H,75,83)(H,76,86)(H,95,96)/t54-,59?/m0/s1. The molecule has 0 saturated carbocycles. The largest absolute Gasteiger partial charge is 0.508 e. The SMILES string of the molecule is COc1ccc(CN(CC(=O)N(CCNC(C)=O)CC(=O)N(CCC(C)C)CC(=O)N(CCCCN)CC(=O)N(CCCCN)CC(=O)N[C@@H](CSC2CC(=O)N(c3ccc(-c4c5ccc(=O)cc-5oc5cc(O)ccc45)c(C(=O)O)c3)C2=O)C(N)=O)C(=O)CNCCC(C)C)cc1OC. The van der Waals surface area contributed by atoms with Crippen LogP contribution in [0.3, 0.4) is 0 Å². The number of phenols is 1. The molecule has 10 amide bonds. The number of anilines is 1. The fraction of sp³-hybridized carbons (Fsp3) is 0.486. The van der Waals surface area contributed by atoms with Crippen LogP contribution >= 0.6 is 11.8 Å². The smallest absolute Gasteiger partial charge is 0.336 e. The lowest BCUT2D eigenvalue weighted by Gasteiger charge is -2.32. The molecule has 6 rings (SSSR count). The highest BCUT2D eigenvalue weighted by molar-refractivity contribution is 8.00. The number of aromatic hydroxyl groups is 1. The number of unbranched alkanes of at least 4 members (excludes halogenated alkanes) is 2. The lowest BCUT2D eigenvalue weighted by Crippen LogP contribution is -2.53. The van der Waals surface area contributed by atoms with Crippen LogP contribution in [0.4, 0.5) is 5.69 Å². The van der Waals surface area contributed by atoms with Gasteiger partial charge in [0.05, 0.1) is 63.4 Å². The molecule has 0 bridgehead atoms. The monoisotopic (exact) mass is 1410 g/mol. The van der Waals surface area contributed by atoms with Gasteiger partial charge in [-0.2, -0.15) is 0 Å². The molecule has 11 N–H and O–H groups in total. The van der Waals surface area contributed by atoms with Gasteiger partial charge in [0.25, 0.3) is 0 Å². The molecule has 1 unspecified atom stereocenters. The first-order chi connectivity index (χ1) is 47.7. The summed E-state index contributed by atoms with van der Waals surface area (Å²) in [7, 11) is 2.96. The van der Waals surface area contributed by atoms with Crippen LogP contribution in [-0.4, -0.2) is 223 Å². The molecule has 2 aliphatic heterocycles. The Labute approximate surface area is 585 Å². The van der Waals surface area contributed by atoms with Gasteiger partial charge < -0.3 is 81.8 Å². The predicted octanol–water partition coefficient (Wildman–Crippen LogP) is 2.96. The van der Waals surface area contributed by atoms with E-state index in [1.807, 2.05) is 13.8 Å². The summed E-state index contributed by atoms with van der Waals surface area (Å²) in [6.07, 6.45) is 2.41. The van der Waals surface area contributed by atoms with Crippen LogP contribution in [0.1, 0.15) is 95.5 Å². The molecule has 3 aliphatic rings. The molecule has 3 aromatic carbocycles. The Morgan fingerprint density at radius 3 is 1.86 bits per heavy atom. The van der Waals surface area contributed by atoms with E-state index in [-0.39, 0.29) is 122 Å². The van der Waals surface area contributed by atoms with E-state index in [1.165, 1.54) is 94.2 Å². The molecule has 2 heterocycles. The summed E-state index contributed by atoms with van der Waals surface area (Å²) in [5.74, 6) is -7.15. The Bertz CT molecular complexity index is 3770. The maximum Gasteiger partial charge on any atom is 0.336 e. The minimum atomic E-state index is -1.44. The average molecular weight is 1410 g/mol. The molecule has 0 aromatic heterocycles. The summed E-state index contributed by atoms with van der Waals surface area (Å²) in [6.45, 7) is 7.31. The zero-order valence-electron chi connectivity index (χ0n) is 57.8. The number of carbonyl (C=O) groups is 11. The van der Waals surface area contributed by atoms with Crippen LogP contribution < -0.4 is 53.0 Å². The molecule has 30 heteroatoms. The number of ether oxygens (including phenoxy) is 2. The molecule has 542 valence electrons. The first-order valence-electron chi connectivity index (χ1n) is 33.3. The van der Waals surface area contributed by atoms with Gasteiger partial charge in [-0.1, -0.05) is 39.8 Å². The van der Waals surface area contributed by atoms with Crippen LogP contribution in [-0.2, 0) is 54.5 Å². The predicted molar refractivity (Wildman–Crippen MR) is 376 cm³/mol. The number of rotatable bonds is 41. The molecule has 29 nitrogen and oxygen atoms in total. The zero-order valence-corrected chi connectivity index (χ0v) is 58.7. The number of methoxy groups -OCH3 is 2. The fourth-order valence-corrected chi connectivity index (χ4v) is 12.2. The molecule has 1 saturated heterocycles. The van der Waals surface area contributed by atoms with Crippen molar-refractivity contribution in [2.24, 2.45) is 29.0 Å². The third kappa shape index (κ3) is 23.0. The number of nitrogens with two attached hydrogens (primary N) is 3. The highest BCUT2D eigenvalue weighted by atomic mass is 32.2.